The second-order valence-corrected chi connectivity index (χ2v) is 7.87. The summed E-state index contributed by atoms with van der Waals surface area (Å²) in [7, 11) is 0. The second kappa shape index (κ2) is 5.37. The Morgan fingerprint density at radius 3 is 2.37 bits per heavy atom. The Kier molecular flexibility index (Phi) is 3.92. The van der Waals surface area contributed by atoms with Gasteiger partial charge in [0, 0.05) is 30.7 Å². The molecule has 3 rings (SSSR count). The van der Waals surface area contributed by atoms with Crippen molar-refractivity contribution in [1.29, 1.82) is 0 Å². The summed E-state index contributed by atoms with van der Waals surface area (Å²) < 4.78 is 0. The number of rotatable bonds is 3. The molecule has 2 heteroatoms. The minimum Gasteiger partial charge on any atom is -0.311 e. The molecule has 1 saturated heterocycles. The first-order chi connectivity index (χ1) is 9.10. The molecule has 3 aliphatic rings. The molecule has 0 amide bonds. The molecule has 0 aromatic heterocycles. The zero-order chi connectivity index (χ0) is 13.5. The third-order valence-electron chi connectivity index (χ3n) is 5.97. The molecule has 2 saturated carbocycles. The quantitative estimate of drug-likeness (QED) is 0.840. The van der Waals surface area contributed by atoms with E-state index in [1.54, 1.807) is 0 Å². The average Bonchev–Trinajstić information content (AvgIpc) is 3.23. The largest absolute Gasteiger partial charge is 0.311 e. The van der Waals surface area contributed by atoms with Gasteiger partial charge in [0.2, 0.25) is 0 Å². The highest BCUT2D eigenvalue weighted by atomic mass is 15.3. The molecule has 1 aliphatic heterocycles. The molecule has 2 unspecified atom stereocenters. The molecule has 1 N–H and O–H groups in total. The van der Waals surface area contributed by atoms with E-state index in [-0.39, 0.29) is 0 Å². The summed E-state index contributed by atoms with van der Waals surface area (Å²) in [5, 5.41) is 3.86. The van der Waals surface area contributed by atoms with Gasteiger partial charge in [0.05, 0.1) is 0 Å². The molecule has 3 fully saturated rings. The maximum Gasteiger partial charge on any atom is 0.0249 e. The van der Waals surface area contributed by atoms with E-state index in [4.69, 9.17) is 0 Å². The molecule has 0 aromatic carbocycles. The number of hydrogen-bond donors (Lipinski definition) is 1. The SMILES string of the molecule is CC(C)C1CNC(C2CC2)CN1C1(C)CCCCC1. The van der Waals surface area contributed by atoms with Crippen molar-refractivity contribution >= 4 is 0 Å². The van der Waals surface area contributed by atoms with Crippen LogP contribution in [-0.2, 0) is 0 Å². The summed E-state index contributed by atoms with van der Waals surface area (Å²) in [4.78, 5) is 2.93. The van der Waals surface area contributed by atoms with Gasteiger partial charge in [-0.1, -0.05) is 33.1 Å². The zero-order valence-electron chi connectivity index (χ0n) is 13.1. The maximum absolute atomic E-state index is 3.86. The smallest absolute Gasteiger partial charge is 0.0249 e. The van der Waals surface area contributed by atoms with E-state index < -0.39 is 0 Å². The third kappa shape index (κ3) is 2.85. The molecule has 0 spiro atoms. The van der Waals surface area contributed by atoms with Crippen molar-refractivity contribution in [2.45, 2.75) is 83.3 Å². The van der Waals surface area contributed by atoms with E-state index in [2.05, 4.69) is 31.0 Å². The third-order valence-corrected chi connectivity index (χ3v) is 5.97. The van der Waals surface area contributed by atoms with Crippen LogP contribution in [0.4, 0.5) is 0 Å². The number of piperazine rings is 1. The fourth-order valence-electron chi connectivity index (χ4n) is 4.43. The summed E-state index contributed by atoms with van der Waals surface area (Å²) in [5.41, 5.74) is 0.489. The molecule has 110 valence electrons. The molecule has 1 heterocycles. The van der Waals surface area contributed by atoms with Gasteiger partial charge in [-0.25, -0.2) is 0 Å². The van der Waals surface area contributed by atoms with Gasteiger partial charge in [0.1, 0.15) is 0 Å². The van der Waals surface area contributed by atoms with Crippen LogP contribution >= 0.6 is 0 Å². The fourth-order valence-corrected chi connectivity index (χ4v) is 4.43. The van der Waals surface area contributed by atoms with Crippen LogP contribution in [0.3, 0.4) is 0 Å². The van der Waals surface area contributed by atoms with Crippen LogP contribution < -0.4 is 5.32 Å². The van der Waals surface area contributed by atoms with Crippen LogP contribution in [0.5, 0.6) is 0 Å². The van der Waals surface area contributed by atoms with Crippen molar-refractivity contribution in [3.05, 3.63) is 0 Å². The van der Waals surface area contributed by atoms with Gasteiger partial charge in [-0.3, -0.25) is 4.90 Å². The highest BCUT2D eigenvalue weighted by Crippen LogP contribution is 2.40. The van der Waals surface area contributed by atoms with Crippen molar-refractivity contribution in [1.82, 2.24) is 10.2 Å². The van der Waals surface area contributed by atoms with Crippen molar-refractivity contribution in [3.63, 3.8) is 0 Å². The molecule has 2 nitrogen and oxygen atoms in total. The van der Waals surface area contributed by atoms with Gasteiger partial charge in [-0.05, 0) is 44.4 Å². The van der Waals surface area contributed by atoms with E-state index in [0.717, 1.165) is 23.9 Å². The Labute approximate surface area is 119 Å². The summed E-state index contributed by atoms with van der Waals surface area (Å²) >= 11 is 0. The van der Waals surface area contributed by atoms with E-state index >= 15 is 0 Å². The monoisotopic (exact) mass is 264 g/mol. The summed E-state index contributed by atoms with van der Waals surface area (Å²) in [6.45, 7) is 9.89. The minimum absolute atomic E-state index is 0.489. The van der Waals surface area contributed by atoms with E-state index in [1.807, 2.05) is 0 Å². The Morgan fingerprint density at radius 2 is 1.79 bits per heavy atom. The normalized spacial score (nSPS) is 36.6. The minimum atomic E-state index is 0.489. The standard InChI is InChI=1S/C17H32N2/c1-13(2)16-11-18-15(14-7-8-14)12-19(16)17(3)9-5-4-6-10-17/h13-16,18H,4-12H2,1-3H3. The molecule has 0 bridgehead atoms. The Balaban J connectivity index is 1.75. The molecule has 0 aromatic rings. The number of nitrogens with one attached hydrogen (secondary N) is 1. The highest BCUT2D eigenvalue weighted by Gasteiger charge is 2.44. The summed E-state index contributed by atoms with van der Waals surface area (Å²) in [6.07, 6.45) is 10.1. The summed E-state index contributed by atoms with van der Waals surface area (Å²) in [6, 6.07) is 1.53. The first-order valence-electron chi connectivity index (χ1n) is 8.60. The Hall–Kier alpha value is -0.0800. The van der Waals surface area contributed by atoms with Gasteiger partial charge < -0.3 is 5.32 Å². The zero-order valence-corrected chi connectivity index (χ0v) is 13.1. The van der Waals surface area contributed by atoms with Gasteiger partial charge in [-0.2, -0.15) is 0 Å². The molecule has 19 heavy (non-hydrogen) atoms. The predicted molar refractivity (Wildman–Crippen MR) is 81.3 cm³/mol. The lowest BCUT2D eigenvalue weighted by Gasteiger charge is -2.53. The highest BCUT2D eigenvalue weighted by molar-refractivity contribution is 5.01. The van der Waals surface area contributed by atoms with E-state index in [1.165, 1.54) is 58.0 Å². The van der Waals surface area contributed by atoms with Crippen LogP contribution in [0.15, 0.2) is 0 Å². The Morgan fingerprint density at radius 1 is 1.11 bits per heavy atom. The van der Waals surface area contributed by atoms with Crippen molar-refractivity contribution < 1.29 is 0 Å². The first kappa shape index (κ1) is 13.9. The van der Waals surface area contributed by atoms with E-state index in [0.29, 0.717) is 5.54 Å². The van der Waals surface area contributed by atoms with Crippen LogP contribution in [-0.4, -0.2) is 35.6 Å². The predicted octanol–water partition coefficient (Wildman–Crippen LogP) is 3.42. The van der Waals surface area contributed by atoms with Gasteiger partial charge >= 0.3 is 0 Å². The topological polar surface area (TPSA) is 15.3 Å². The van der Waals surface area contributed by atoms with Gasteiger partial charge in [0.25, 0.3) is 0 Å². The van der Waals surface area contributed by atoms with Crippen LogP contribution in [0, 0.1) is 11.8 Å². The molecular weight excluding hydrogens is 232 g/mol. The van der Waals surface area contributed by atoms with Crippen LogP contribution in [0.25, 0.3) is 0 Å². The molecule has 0 radical (unpaired) electrons. The van der Waals surface area contributed by atoms with Gasteiger partial charge in [-0.15, -0.1) is 0 Å². The number of hydrogen-bond acceptors (Lipinski definition) is 2. The maximum atomic E-state index is 3.86. The summed E-state index contributed by atoms with van der Waals surface area (Å²) in [5.74, 6) is 1.76. The average molecular weight is 264 g/mol. The lowest BCUT2D eigenvalue weighted by Crippen LogP contribution is -2.65. The molecule has 2 aliphatic carbocycles. The van der Waals surface area contributed by atoms with Gasteiger partial charge in [0.15, 0.2) is 0 Å². The lowest BCUT2D eigenvalue weighted by atomic mass is 9.79. The Bertz CT molecular complexity index is 302. The fraction of sp³-hybridized carbons (Fsp3) is 1.00. The van der Waals surface area contributed by atoms with Crippen molar-refractivity contribution in [3.8, 4) is 0 Å². The van der Waals surface area contributed by atoms with Crippen molar-refractivity contribution in [2.75, 3.05) is 13.1 Å². The van der Waals surface area contributed by atoms with E-state index in [9.17, 15) is 0 Å². The molecule has 2 atom stereocenters. The van der Waals surface area contributed by atoms with Crippen LogP contribution in [0.2, 0.25) is 0 Å². The first-order valence-corrected chi connectivity index (χ1v) is 8.60. The lowest BCUT2D eigenvalue weighted by molar-refractivity contribution is -0.0224. The number of nitrogens with zero attached hydrogens (tertiary/aromatic N) is 1. The van der Waals surface area contributed by atoms with Crippen LogP contribution in [0.1, 0.15) is 65.7 Å². The van der Waals surface area contributed by atoms with Crippen molar-refractivity contribution in [2.24, 2.45) is 11.8 Å². The second-order valence-electron chi connectivity index (χ2n) is 7.87. The molecular formula is C17H32N2.